The number of carbonyl (C=O) groups excluding carboxylic acids is 1. The predicted molar refractivity (Wildman–Crippen MR) is 109 cm³/mol. The highest BCUT2D eigenvalue weighted by molar-refractivity contribution is 5.94. The van der Waals surface area contributed by atoms with Gasteiger partial charge in [-0.05, 0) is 43.2 Å². The van der Waals surface area contributed by atoms with Gasteiger partial charge in [-0.15, -0.1) is 0 Å². The van der Waals surface area contributed by atoms with Crippen molar-refractivity contribution < 1.29 is 9.53 Å². The first-order valence-corrected chi connectivity index (χ1v) is 9.75. The number of aromatic amines is 1. The van der Waals surface area contributed by atoms with Crippen LogP contribution in [0, 0.1) is 0 Å². The highest BCUT2D eigenvalue weighted by atomic mass is 16.5. The molecule has 0 aliphatic carbocycles. The van der Waals surface area contributed by atoms with Gasteiger partial charge >= 0.3 is 0 Å². The quantitative estimate of drug-likeness (QED) is 0.716. The maximum Gasteiger partial charge on any atom is 0.254 e. The normalized spacial score (nSPS) is 19.9. The van der Waals surface area contributed by atoms with Crippen LogP contribution >= 0.6 is 0 Å². The smallest absolute Gasteiger partial charge is 0.254 e. The van der Waals surface area contributed by atoms with E-state index in [-0.39, 0.29) is 18.1 Å². The molecule has 2 atom stereocenters. The first-order chi connectivity index (χ1) is 13.6. The van der Waals surface area contributed by atoms with Crippen molar-refractivity contribution in [1.82, 2.24) is 20.4 Å². The standard InChI is InChI=1S/C22H26N4O2/c1-15-13-26(14-16(2)28-15)22(27)18-8-6-17(7-9-18)10-23-11-19-4-3-5-21-20(19)12-24-25-21/h3-9,12,15-16,23H,10-11,13-14H2,1-2H3,(H,24,25). The average Bonchev–Trinajstić information content (AvgIpc) is 3.17. The molecule has 1 aliphatic rings. The first kappa shape index (κ1) is 18.7. The summed E-state index contributed by atoms with van der Waals surface area (Å²) in [7, 11) is 0. The van der Waals surface area contributed by atoms with Gasteiger partial charge in [0.2, 0.25) is 0 Å². The van der Waals surface area contributed by atoms with Crippen LogP contribution in [0.2, 0.25) is 0 Å². The van der Waals surface area contributed by atoms with Crippen LogP contribution in [-0.2, 0) is 17.8 Å². The van der Waals surface area contributed by atoms with Gasteiger partial charge in [0.25, 0.3) is 5.91 Å². The molecule has 0 saturated carbocycles. The van der Waals surface area contributed by atoms with E-state index in [0.29, 0.717) is 13.1 Å². The lowest BCUT2D eigenvalue weighted by atomic mass is 10.1. The predicted octanol–water partition coefficient (Wildman–Crippen LogP) is 3.10. The SMILES string of the molecule is CC1CN(C(=O)c2ccc(CNCc3cccc4[nH]ncc34)cc2)CC(C)O1. The maximum atomic E-state index is 12.7. The minimum absolute atomic E-state index is 0.0770. The molecule has 0 bridgehead atoms. The maximum absolute atomic E-state index is 12.7. The number of nitrogens with zero attached hydrogens (tertiary/aromatic N) is 2. The van der Waals surface area contributed by atoms with Gasteiger partial charge in [0, 0.05) is 37.1 Å². The lowest BCUT2D eigenvalue weighted by Crippen LogP contribution is -2.48. The Morgan fingerprint density at radius 1 is 1.14 bits per heavy atom. The number of nitrogens with one attached hydrogen (secondary N) is 2. The lowest BCUT2D eigenvalue weighted by Gasteiger charge is -2.35. The topological polar surface area (TPSA) is 70.2 Å². The second kappa shape index (κ2) is 8.12. The van der Waals surface area contributed by atoms with Crippen LogP contribution in [0.4, 0.5) is 0 Å². The van der Waals surface area contributed by atoms with E-state index in [1.54, 1.807) is 0 Å². The fraction of sp³-hybridized carbons (Fsp3) is 0.364. The minimum atomic E-state index is 0.0770. The Morgan fingerprint density at radius 3 is 2.64 bits per heavy atom. The number of amides is 1. The summed E-state index contributed by atoms with van der Waals surface area (Å²) >= 11 is 0. The van der Waals surface area contributed by atoms with Crippen LogP contribution in [0.25, 0.3) is 10.9 Å². The molecule has 28 heavy (non-hydrogen) atoms. The molecule has 6 nitrogen and oxygen atoms in total. The van der Waals surface area contributed by atoms with Gasteiger partial charge in [-0.2, -0.15) is 5.10 Å². The van der Waals surface area contributed by atoms with E-state index >= 15 is 0 Å². The number of hydrogen-bond acceptors (Lipinski definition) is 4. The van der Waals surface area contributed by atoms with Crippen molar-refractivity contribution in [3.63, 3.8) is 0 Å². The Morgan fingerprint density at radius 2 is 1.89 bits per heavy atom. The van der Waals surface area contributed by atoms with Crippen molar-refractivity contribution in [2.24, 2.45) is 0 Å². The molecule has 3 aromatic rings. The summed E-state index contributed by atoms with van der Waals surface area (Å²) in [5, 5.41) is 11.7. The number of H-pyrrole nitrogens is 1. The van der Waals surface area contributed by atoms with Crippen LogP contribution < -0.4 is 5.32 Å². The van der Waals surface area contributed by atoms with Crippen molar-refractivity contribution in [3.8, 4) is 0 Å². The highest BCUT2D eigenvalue weighted by Crippen LogP contribution is 2.17. The summed E-state index contributed by atoms with van der Waals surface area (Å²) in [6, 6.07) is 14.0. The van der Waals surface area contributed by atoms with Crippen molar-refractivity contribution in [3.05, 3.63) is 65.4 Å². The van der Waals surface area contributed by atoms with Gasteiger partial charge in [0.05, 0.1) is 23.9 Å². The molecule has 6 heteroatoms. The Labute approximate surface area is 164 Å². The van der Waals surface area contributed by atoms with E-state index in [1.165, 1.54) is 5.56 Å². The van der Waals surface area contributed by atoms with E-state index in [2.05, 4.69) is 21.6 Å². The molecule has 1 fully saturated rings. The second-order valence-electron chi connectivity index (χ2n) is 7.52. The number of morpholine rings is 1. The molecule has 2 aromatic carbocycles. The summed E-state index contributed by atoms with van der Waals surface area (Å²) in [6.07, 6.45) is 2.02. The Bertz CT molecular complexity index is 941. The van der Waals surface area contributed by atoms with Gasteiger partial charge in [0.1, 0.15) is 0 Å². The van der Waals surface area contributed by atoms with Crippen LogP contribution in [0.15, 0.2) is 48.7 Å². The number of benzene rings is 2. The van der Waals surface area contributed by atoms with Gasteiger partial charge < -0.3 is 15.0 Å². The molecule has 1 amide bonds. The van der Waals surface area contributed by atoms with E-state index in [9.17, 15) is 4.79 Å². The van der Waals surface area contributed by atoms with Crippen molar-refractivity contribution in [1.29, 1.82) is 0 Å². The fourth-order valence-electron chi connectivity index (χ4n) is 3.82. The number of rotatable bonds is 5. The molecule has 1 aromatic heterocycles. The van der Waals surface area contributed by atoms with Gasteiger partial charge in [-0.25, -0.2) is 0 Å². The van der Waals surface area contributed by atoms with Gasteiger partial charge in [-0.3, -0.25) is 9.89 Å². The van der Waals surface area contributed by atoms with E-state index < -0.39 is 0 Å². The monoisotopic (exact) mass is 378 g/mol. The van der Waals surface area contributed by atoms with E-state index in [4.69, 9.17) is 4.74 Å². The summed E-state index contributed by atoms with van der Waals surface area (Å²) in [5.74, 6) is 0.0770. The molecular weight excluding hydrogens is 352 g/mol. The second-order valence-corrected chi connectivity index (χ2v) is 7.52. The third-order valence-electron chi connectivity index (χ3n) is 5.13. The molecule has 0 spiro atoms. The van der Waals surface area contributed by atoms with Crippen LogP contribution in [0.3, 0.4) is 0 Å². The molecular formula is C22H26N4O2. The zero-order chi connectivity index (χ0) is 19.5. The lowest BCUT2D eigenvalue weighted by molar-refractivity contribution is -0.0586. The number of carbonyl (C=O) groups is 1. The molecule has 146 valence electrons. The van der Waals surface area contributed by atoms with Gasteiger partial charge in [0.15, 0.2) is 0 Å². The Kier molecular flexibility index (Phi) is 5.41. The number of ether oxygens (including phenoxy) is 1. The Hall–Kier alpha value is -2.70. The summed E-state index contributed by atoms with van der Waals surface area (Å²) in [5.41, 5.74) is 4.15. The molecule has 2 heterocycles. The summed E-state index contributed by atoms with van der Waals surface area (Å²) in [6.45, 7) is 6.82. The Balaban J connectivity index is 1.34. The van der Waals surface area contributed by atoms with Crippen molar-refractivity contribution in [2.45, 2.75) is 39.1 Å². The van der Waals surface area contributed by atoms with Crippen LogP contribution in [0.1, 0.15) is 35.3 Å². The summed E-state index contributed by atoms with van der Waals surface area (Å²) < 4.78 is 5.72. The van der Waals surface area contributed by atoms with Crippen molar-refractivity contribution >= 4 is 16.8 Å². The molecule has 2 N–H and O–H groups in total. The number of hydrogen-bond donors (Lipinski definition) is 2. The van der Waals surface area contributed by atoms with Gasteiger partial charge in [-0.1, -0.05) is 24.3 Å². The third-order valence-corrected chi connectivity index (χ3v) is 5.13. The van der Waals surface area contributed by atoms with Crippen LogP contribution in [-0.4, -0.2) is 46.3 Å². The molecule has 1 saturated heterocycles. The largest absolute Gasteiger partial charge is 0.372 e. The molecule has 2 unspecified atom stereocenters. The van der Waals surface area contributed by atoms with E-state index in [0.717, 1.165) is 35.1 Å². The fourth-order valence-corrected chi connectivity index (χ4v) is 3.82. The number of aromatic nitrogens is 2. The zero-order valence-electron chi connectivity index (χ0n) is 16.3. The van der Waals surface area contributed by atoms with Crippen LogP contribution in [0.5, 0.6) is 0 Å². The van der Waals surface area contributed by atoms with E-state index in [1.807, 2.05) is 61.3 Å². The molecule has 0 radical (unpaired) electrons. The first-order valence-electron chi connectivity index (χ1n) is 9.75. The highest BCUT2D eigenvalue weighted by Gasteiger charge is 2.26. The summed E-state index contributed by atoms with van der Waals surface area (Å²) in [4.78, 5) is 14.6. The zero-order valence-corrected chi connectivity index (χ0v) is 16.3. The molecule has 4 rings (SSSR count). The number of fused-ring (bicyclic) bond motifs is 1. The minimum Gasteiger partial charge on any atom is -0.372 e. The van der Waals surface area contributed by atoms with Crippen molar-refractivity contribution in [2.75, 3.05) is 13.1 Å². The average molecular weight is 378 g/mol. The third kappa shape index (κ3) is 4.08. The molecule has 1 aliphatic heterocycles.